The molecule has 2 nitrogen and oxygen atoms in total. The van der Waals surface area contributed by atoms with Gasteiger partial charge >= 0.3 is 0 Å². The van der Waals surface area contributed by atoms with Gasteiger partial charge in [0.1, 0.15) is 0 Å². The first-order valence-corrected chi connectivity index (χ1v) is 7.31. The van der Waals surface area contributed by atoms with E-state index in [-0.39, 0.29) is 11.6 Å². The summed E-state index contributed by atoms with van der Waals surface area (Å²) >= 11 is 0. The van der Waals surface area contributed by atoms with Crippen LogP contribution < -0.4 is 5.73 Å². The fourth-order valence-electron chi connectivity index (χ4n) is 2.92. The van der Waals surface area contributed by atoms with Crippen molar-refractivity contribution in [1.82, 2.24) is 0 Å². The normalized spacial score (nSPS) is 16.2. The van der Waals surface area contributed by atoms with Crippen molar-refractivity contribution in [3.05, 3.63) is 0 Å². The molecule has 0 radical (unpaired) electrons. The summed E-state index contributed by atoms with van der Waals surface area (Å²) in [6.07, 6.45) is 4.34. The maximum Gasteiger partial charge on any atom is 0.0827 e. The van der Waals surface area contributed by atoms with Crippen molar-refractivity contribution in [2.75, 3.05) is 6.61 Å². The van der Waals surface area contributed by atoms with Crippen LogP contribution in [0.25, 0.3) is 0 Å². The first-order chi connectivity index (χ1) is 7.91. The summed E-state index contributed by atoms with van der Waals surface area (Å²) in [6, 6.07) is 0.159. The van der Waals surface area contributed by atoms with Crippen LogP contribution in [0.4, 0.5) is 0 Å². The Morgan fingerprint density at radius 2 is 1.53 bits per heavy atom. The zero-order valence-corrected chi connectivity index (χ0v) is 12.8. The van der Waals surface area contributed by atoms with Crippen molar-refractivity contribution in [2.24, 2.45) is 17.6 Å². The van der Waals surface area contributed by atoms with Gasteiger partial charge in [0.15, 0.2) is 0 Å². The molecule has 2 atom stereocenters. The number of rotatable bonds is 9. The molecule has 0 saturated heterocycles. The summed E-state index contributed by atoms with van der Waals surface area (Å²) in [6.45, 7) is 14.0. The summed E-state index contributed by atoms with van der Waals surface area (Å²) in [5.74, 6) is 1.44. The van der Waals surface area contributed by atoms with Crippen molar-refractivity contribution in [3.63, 3.8) is 0 Å². The molecule has 0 fully saturated rings. The lowest BCUT2D eigenvalue weighted by Crippen LogP contribution is -2.50. The standard InChI is InChI=1S/C15H33NO/c1-7-15(8-2,17-9-3)14(16)11-13(6)10-12(4)5/h12-14H,7-11,16H2,1-6H3. The lowest BCUT2D eigenvalue weighted by molar-refractivity contribution is -0.0679. The molecule has 2 heteroatoms. The molecule has 0 rings (SSSR count). The number of hydrogen-bond donors (Lipinski definition) is 1. The summed E-state index contributed by atoms with van der Waals surface area (Å²) < 4.78 is 5.97. The molecule has 0 bridgehead atoms. The van der Waals surface area contributed by atoms with Crippen molar-refractivity contribution >= 4 is 0 Å². The Hall–Kier alpha value is -0.0800. The molecule has 0 aliphatic rings. The average Bonchev–Trinajstić information content (AvgIpc) is 2.24. The highest BCUT2D eigenvalue weighted by atomic mass is 16.5. The van der Waals surface area contributed by atoms with E-state index in [1.165, 1.54) is 6.42 Å². The van der Waals surface area contributed by atoms with Gasteiger partial charge in [-0.15, -0.1) is 0 Å². The van der Waals surface area contributed by atoms with Gasteiger partial charge in [0, 0.05) is 12.6 Å². The fraction of sp³-hybridized carbons (Fsp3) is 1.00. The molecule has 0 spiro atoms. The Balaban J connectivity index is 4.45. The van der Waals surface area contributed by atoms with Crippen LogP contribution in [0.15, 0.2) is 0 Å². The Labute approximate surface area is 108 Å². The van der Waals surface area contributed by atoms with E-state index in [4.69, 9.17) is 10.5 Å². The second-order valence-electron chi connectivity index (χ2n) is 5.78. The highest BCUT2D eigenvalue weighted by Crippen LogP contribution is 2.29. The third-order valence-electron chi connectivity index (χ3n) is 3.83. The molecular weight excluding hydrogens is 210 g/mol. The predicted octanol–water partition coefficient (Wildman–Crippen LogP) is 3.98. The largest absolute Gasteiger partial charge is 0.374 e. The number of hydrogen-bond acceptors (Lipinski definition) is 2. The van der Waals surface area contributed by atoms with Crippen molar-refractivity contribution in [2.45, 2.75) is 78.9 Å². The third kappa shape index (κ3) is 5.39. The summed E-state index contributed by atoms with van der Waals surface area (Å²) in [5, 5.41) is 0. The van der Waals surface area contributed by atoms with Gasteiger partial charge < -0.3 is 10.5 Å². The predicted molar refractivity (Wildman–Crippen MR) is 76.2 cm³/mol. The Bertz CT molecular complexity index is 187. The molecule has 0 aromatic heterocycles. The smallest absolute Gasteiger partial charge is 0.0827 e. The van der Waals surface area contributed by atoms with Gasteiger partial charge in [0.2, 0.25) is 0 Å². The maximum atomic E-state index is 6.41. The van der Waals surface area contributed by atoms with Crippen LogP contribution in [-0.2, 0) is 4.74 Å². The van der Waals surface area contributed by atoms with Gasteiger partial charge in [0.05, 0.1) is 5.60 Å². The maximum absolute atomic E-state index is 6.41. The molecule has 0 aromatic carbocycles. The average molecular weight is 243 g/mol. The molecule has 2 N–H and O–H groups in total. The van der Waals surface area contributed by atoms with Crippen molar-refractivity contribution < 1.29 is 4.74 Å². The van der Waals surface area contributed by atoms with Gasteiger partial charge in [-0.3, -0.25) is 0 Å². The zero-order valence-electron chi connectivity index (χ0n) is 12.8. The van der Waals surface area contributed by atoms with E-state index in [2.05, 4.69) is 41.5 Å². The minimum atomic E-state index is -0.111. The van der Waals surface area contributed by atoms with Gasteiger partial charge in [-0.1, -0.05) is 34.6 Å². The molecule has 0 aliphatic carbocycles. The molecule has 0 aromatic rings. The van der Waals surface area contributed by atoms with Gasteiger partial charge in [0.25, 0.3) is 0 Å². The van der Waals surface area contributed by atoms with E-state index in [0.29, 0.717) is 5.92 Å². The number of ether oxygens (including phenoxy) is 1. The SMILES string of the molecule is CCOC(CC)(CC)C(N)CC(C)CC(C)C. The summed E-state index contributed by atoms with van der Waals surface area (Å²) in [4.78, 5) is 0. The third-order valence-corrected chi connectivity index (χ3v) is 3.83. The van der Waals surface area contributed by atoms with Gasteiger partial charge in [-0.05, 0) is 44.4 Å². The molecular formula is C15H33NO. The molecule has 17 heavy (non-hydrogen) atoms. The lowest BCUT2D eigenvalue weighted by Gasteiger charge is -2.38. The molecule has 104 valence electrons. The van der Waals surface area contributed by atoms with E-state index in [0.717, 1.165) is 31.8 Å². The van der Waals surface area contributed by atoms with E-state index in [1.54, 1.807) is 0 Å². The topological polar surface area (TPSA) is 35.2 Å². The van der Waals surface area contributed by atoms with Crippen LogP contribution in [-0.4, -0.2) is 18.2 Å². The van der Waals surface area contributed by atoms with E-state index in [9.17, 15) is 0 Å². The van der Waals surface area contributed by atoms with E-state index < -0.39 is 0 Å². The van der Waals surface area contributed by atoms with Crippen LogP contribution in [0, 0.1) is 11.8 Å². The minimum absolute atomic E-state index is 0.111. The Kier molecular flexibility index (Phi) is 8.06. The first-order valence-electron chi connectivity index (χ1n) is 7.31. The second kappa shape index (κ2) is 8.10. The van der Waals surface area contributed by atoms with Gasteiger partial charge in [-0.2, -0.15) is 0 Å². The highest BCUT2D eigenvalue weighted by Gasteiger charge is 2.34. The van der Waals surface area contributed by atoms with Crippen LogP contribution in [0.3, 0.4) is 0 Å². The molecule has 0 heterocycles. The second-order valence-corrected chi connectivity index (χ2v) is 5.78. The van der Waals surface area contributed by atoms with Crippen LogP contribution in [0.2, 0.25) is 0 Å². The van der Waals surface area contributed by atoms with Crippen LogP contribution >= 0.6 is 0 Å². The first kappa shape index (κ1) is 16.9. The van der Waals surface area contributed by atoms with E-state index >= 15 is 0 Å². The van der Waals surface area contributed by atoms with Crippen molar-refractivity contribution in [3.8, 4) is 0 Å². The molecule has 0 amide bonds. The highest BCUT2D eigenvalue weighted by molar-refractivity contribution is 4.90. The van der Waals surface area contributed by atoms with Crippen LogP contribution in [0.1, 0.15) is 67.2 Å². The summed E-state index contributed by atoms with van der Waals surface area (Å²) in [5.41, 5.74) is 6.30. The fourth-order valence-corrected chi connectivity index (χ4v) is 2.92. The number of nitrogens with two attached hydrogens (primary N) is 1. The zero-order chi connectivity index (χ0) is 13.5. The summed E-state index contributed by atoms with van der Waals surface area (Å²) in [7, 11) is 0. The minimum Gasteiger partial charge on any atom is -0.374 e. The molecule has 0 aliphatic heterocycles. The van der Waals surface area contributed by atoms with Crippen LogP contribution in [0.5, 0.6) is 0 Å². The monoisotopic (exact) mass is 243 g/mol. The lowest BCUT2D eigenvalue weighted by atomic mass is 9.82. The molecule has 2 unspecified atom stereocenters. The van der Waals surface area contributed by atoms with Gasteiger partial charge in [-0.25, -0.2) is 0 Å². The Morgan fingerprint density at radius 1 is 1.00 bits per heavy atom. The quantitative estimate of drug-likeness (QED) is 0.665. The molecule has 0 saturated carbocycles. The Morgan fingerprint density at radius 3 is 1.88 bits per heavy atom. The van der Waals surface area contributed by atoms with Crippen molar-refractivity contribution in [1.29, 1.82) is 0 Å². The van der Waals surface area contributed by atoms with E-state index in [1.807, 2.05) is 0 Å².